The van der Waals surface area contributed by atoms with Gasteiger partial charge in [-0.2, -0.15) is 8.42 Å². The van der Waals surface area contributed by atoms with Gasteiger partial charge in [0.1, 0.15) is 5.25 Å². The van der Waals surface area contributed by atoms with Gasteiger partial charge in [0.25, 0.3) is 15.8 Å². The number of allylic oxidation sites excluding steroid dienone is 2. The van der Waals surface area contributed by atoms with E-state index < -0.39 is 24.6 Å². The zero-order valence-corrected chi connectivity index (χ0v) is 14.2. The molecule has 1 aromatic carbocycles. The maximum atomic E-state index is 11.6. The first-order chi connectivity index (χ1) is 10.1. The number of hydrogen-bond acceptors (Lipinski definition) is 4. The van der Waals surface area contributed by atoms with Crippen LogP contribution in [0.25, 0.3) is 0 Å². The number of alkyl halides is 1. The first-order valence-electron chi connectivity index (χ1n) is 6.07. The predicted octanol–water partition coefficient (Wildman–Crippen LogP) is 3.00. The highest BCUT2D eigenvalue weighted by atomic mass is 79.9. The molecular weight excluding hydrogens is 398 g/mol. The van der Waals surface area contributed by atoms with E-state index in [1.807, 2.05) is 0 Å². The van der Waals surface area contributed by atoms with E-state index in [0.29, 0.717) is 10.6 Å². The lowest BCUT2D eigenvalue weighted by atomic mass is 9.91. The molecule has 6 nitrogen and oxygen atoms in total. The van der Waals surface area contributed by atoms with E-state index >= 15 is 0 Å². The van der Waals surface area contributed by atoms with Crippen molar-refractivity contribution in [3.05, 3.63) is 68.9 Å². The number of nitro groups is 1. The molecule has 0 fully saturated rings. The average Bonchev–Trinajstić information content (AvgIpc) is 2.36. The molecule has 1 N–H and O–H groups in total. The SMILES string of the molecule is O=[N+]([O-])C1=CC(Br)(Cc2cccc(Cl)c2)C(S(=O)(=O)O)C=C1. The van der Waals surface area contributed by atoms with Crippen molar-refractivity contribution in [2.75, 3.05) is 0 Å². The molecule has 2 rings (SSSR count). The van der Waals surface area contributed by atoms with Crippen LogP contribution in [0.2, 0.25) is 5.02 Å². The largest absolute Gasteiger partial charge is 0.285 e. The quantitative estimate of drug-likeness (QED) is 0.357. The molecule has 1 aromatic rings. The van der Waals surface area contributed by atoms with Crippen LogP contribution in [0.3, 0.4) is 0 Å². The summed E-state index contributed by atoms with van der Waals surface area (Å²) in [5.41, 5.74) is 0.422. The number of benzene rings is 1. The van der Waals surface area contributed by atoms with Crippen molar-refractivity contribution >= 4 is 37.6 Å². The summed E-state index contributed by atoms with van der Waals surface area (Å²) < 4.78 is 31.2. The van der Waals surface area contributed by atoms with Crippen LogP contribution in [-0.2, 0) is 16.5 Å². The number of rotatable bonds is 4. The Bertz CT molecular complexity index is 776. The summed E-state index contributed by atoms with van der Waals surface area (Å²) in [6, 6.07) is 6.69. The van der Waals surface area contributed by atoms with Crippen LogP contribution in [0.4, 0.5) is 0 Å². The van der Waals surface area contributed by atoms with Gasteiger partial charge in [0.15, 0.2) is 0 Å². The van der Waals surface area contributed by atoms with Crippen LogP contribution in [0.15, 0.2) is 48.2 Å². The van der Waals surface area contributed by atoms with Crippen LogP contribution in [-0.4, -0.2) is 27.5 Å². The minimum atomic E-state index is -4.45. The van der Waals surface area contributed by atoms with Crippen molar-refractivity contribution in [1.29, 1.82) is 0 Å². The molecule has 0 saturated heterocycles. The Kier molecular flexibility index (Phi) is 4.76. The lowest BCUT2D eigenvalue weighted by molar-refractivity contribution is -0.419. The van der Waals surface area contributed by atoms with Crippen LogP contribution >= 0.6 is 27.5 Å². The third-order valence-corrected chi connectivity index (χ3v) is 5.96. The fraction of sp³-hybridized carbons (Fsp3) is 0.231. The number of hydrogen-bond donors (Lipinski definition) is 1. The summed E-state index contributed by atoms with van der Waals surface area (Å²) in [5.74, 6) is 0. The van der Waals surface area contributed by atoms with E-state index in [2.05, 4.69) is 15.9 Å². The summed E-state index contributed by atoms with van der Waals surface area (Å²) in [7, 11) is -4.45. The highest BCUT2D eigenvalue weighted by Gasteiger charge is 2.45. The van der Waals surface area contributed by atoms with Gasteiger partial charge in [-0.1, -0.05) is 45.7 Å². The van der Waals surface area contributed by atoms with Gasteiger partial charge >= 0.3 is 0 Å². The molecule has 0 radical (unpaired) electrons. The molecule has 118 valence electrons. The van der Waals surface area contributed by atoms with E-state index in [1.54, 1.807) is 24.3 Å². The van der Waals surface area contributed by atoms with Gasteiger partial charge in [0.05, 0.1) is 9.25 Å². The Morgan fingerprint density at radius 3 is 2.68 bits per heavy atom. The number of halogens is 2. The topological polar surface area (TPSA) is 97.5 Å². The van der Waals surface area contributed by atoms with Crippen LogP contribution < -0.4 is 0 Å². The van der Waals surface area contributed by atoms with E-state index in [-0.39, 0.29) is 12.1 Å². The third-order valence-electron chi connectivity index (χ3n) is 3.20. The second-order valence-electron chi connectivity index (χ2n) is 4.85. The molecule has 0 aliphatic heterocycles. The Hall–Kier alpha value is -1.22. The predicted molar refractivity (Wildman–Crippen MR) is 86.4 cm³/mol. The Balaban J connectivity index is 2.48. The monoisotopic (exact) mass is 407 g/mol. The van der Waals surface area contributed by atoms with Gasteiger partial charge in [-0.25, -0.2) is 0 Å². The molecule has 0 heterocycles. The molecule has 1 aliphatic rings. The standard InChI is InChI=1S/C13H11BrClNO5S/c14-13(7-9-2-1-3-10(15)6-9)8-11(16(17)18)4-5-12(13)22(19,20)21/h1-6,8,12H,7H2,(H,19,20,21). The molecule has 22 heavy (non-hydrogen) atoms. The molecule has 0 amide bonds. The first-order valence-corrected chi connectivity index (χ1v) is 8.74. The average molecular weight is 409 g/mol. The maximum Gasteiger partial charge on any atom is 0.273 e. The number of nitrogens with zero attached hydrogens (tertiary/aromatic N) is 1. The van der Waals surface area contributed by atoms with Crippen molar-refractivity contribution in [2.45, 2.75) is 16.0 Å². The second-order valence-corrected chi connectivity index (χ2v) is 8.31. The van der Waals surface area contributed by atoms with Crippen LogP contribution in [0.1, 0.15) is 5.56 Å². The summed E-state index contributed by atoms with van der Waals surface area (Å²) in [6.07, 6.45) is 3.45. The Labute approximate surface area is 140 Å². The van der Waals surface area contributed by atoms with Gasteiger partial charge in [0, 0.05) is 17.2 Å². The van der Waals surface area contributed by atoms with Gasteiger partial charge in [-0.05, 0) is 24.1 Å². The summed E-state index contributed by atoms with van der Waals surface area (Å²) in [4.78, 5) is 10.3. The Morgan fingerprint density at radius 1 is 1.45 bits per heavy atom. The molecule has 0 saturated carbocycles. The lowest BCUT2D eigenvalue weighted by Gasteiger charge is -2.31. The van der Waals surface area contributed by atoms with Crippen molar-refractivity contribution in [2.24, 2.45) is 0 Å². The lowest BCUT2D eigenvalue weighted by Crippen LogP contribution is -2.43. The maximum absolute atomic E-state index is 11.6. The fourth-order valence-corrected chi connectivity index (χ4v) is 4.85. The van der Waals surface area contributed by atoms with Crippen molar-refractivity contribution in [3.63, 3.8) is 0 Å². The van der Waals surface area contributed by atoms with E-state index in [4.69, 9.17) is 11.6 Å². The normalized spacial score (nSPS) is 24.9. The molecule has 2 unspecified atom stereocenters. The molecule has 2 atom stereocenters. The smallest absolute Gasteiger partial charge is 0.273 e. The molecule has 0 spiro atoms. The summed E-state index contributed by atoms with van der Waals surface area (Å²) in [6.45, 7) is 0. The zero-order valence-electron chi connectivity index (χ0n) is 11.0. The molecule has 1 aliphatic carbocycles. The summed E-state index contributed by atoms with van der Waals surface area (Å²) >= 11 is 9.15. The van der Waals surface area contributed by atoms with Gasteiger partial charge < -0.3 is 0 Å². The van der Waals surface area contributed by atoms with Gasteiger partial charge in [-0.3, -0.25) is 14.7 Å². The molecule has 0 aromatic heterocycles. The fourth-order valence-electron chi connectivity index (χ4n) is 2.29. The minimum absolute atomic E-state index is 0.0969. The highest BCUT2D eigenvalue weighted by molar-refractivity contribution is 9.10. The van der Waals surface area contributed by atoms with Crippen molar-refractivity contribution in [3.8, 4) is 0 Å². The molecule has 9 heteroatoms. The zero-order chi connectivity index (χ0) is 16.5. The summed E-state index contributed by atoms with van der Waals surface area (Å²) in [5, 5.41) is 10.1. The Morgan fingerprint density at radius 2 is 2.14 bits per heavy atom. The van der Waals surface area contributed by atoms with E-state index in [1.165, 1.54) is 6.08 Å². The van der Waals surface area contributed by atoms with Crippen LogP contribution in [0, 0.1) is 10.1 Å². The molecule has 0 bridgehead atoms. The highest BCUT2D eigenvalue weighted by Crippen LogP contribution is 2.38. The minimum Gasteiger partial charge on any atom is -0.285 e. The van der Waals surface area contributed by atoms with Gasteiger partial charge in [-0.15, -0.1) is 0 Å². The van der Waals surface area contributed by atoms with Crippen LogP contribution in [0.5, 0.6) is 0 Å². The van der Waals surface area contributed by atoms with Crippen molar-refractivity contribution in [1.82, 2.24) is 0 Å². The first kappa shape index (κ1) is 17.1. The van der Waals surface area contributed by atoms with E-state index in [9.17, 15) is 23.1 Å². The second kappa shape index (κ2) is 6.11. The van der Waals surface area contributed by atoms with E-state index in [0.717, 1.165) is 12.2 Å². The molecular formula is C13H11BrClNO5S. The van der Waals surface area contributed by atoms with Gasteiger partial charge in [0.2, 0.25) is 0 Å². The third kappa shape index (κ3) is 3.75. The van der Waals surface area contributed by atoms with Crippen molar-refractivity contribution < 1.29 is 17.9 Å².